The van der Waals surface area contributed by atoms with Gasteiger partial charge in [0.15, 0.2) is 0 Å². The largest absolute Gasteiger partial charge is 0.355 e. The van der Waals surface area contributed by atoms with Crippen LogP contribution in [0, 0.1) is 0 Å². The molecule has 5 nitrogen and oxygen atoms in total. The Kier molecular flexibility index (Phi) is 7.44. The van der Waals surface area contributed by atoms with Crippen molar-refractivity contribution in [2.45, 2.75) is 44.3 Å². The zero-order valence-electron chi connectivity index (χ0n) is 16.7. The second-order valence-electron chi connectivity index (χ2n) is 7.85. The van der Waals surface area contributed by atoms with Crippen LogP contribution >= 0.6 is 0 Å². The van der Waals surface area contributed by atoms with Crippen molar-refractivity contribution in [3.8, 4) is 0 Å². The van der Waals surface area contributed by atoms with Crippen LogP contribution in [0.4, 0.5) is 0 Å². The third kappa shape index (κ3) is 5.89. The van der Waals surface area contributed by atoms with E-state index in [2.05, 4.69) is 63.9 Å². The van der Waals surface area contributed by atoms with Crippen molar-refractivity contribution < 1.29 is 4.79 Å². The molecule has 2 fully saturated rings. The van der Waals surface area contributed by atoms with Crippen LogP contribution in [0.5, 0.6) is 0 Å². The summed E-state index contributed by atoms with van der Waals surface area (Å²) in [4.78, 5) is 17.3. The molecule has 2 atom stereocenters. The molecule has 0 aliphatic carbocycles. The molecule has 1 amide bonds. The highest BCUT2D eigenvalue weighted by molar-refractivity contribution is 5.82. The van der Waals surface area contributed by atoms with Gasteiger partial charge in [0.25, 0.3) is 0 Å². The number of hydrogen-bond donors (Lipinski definition) is 2. The number of amides is 1. The van der Waals surface area contributed by atoms with Crippen LogP contribution < -0.4 is 10.6 Å². The molecule has 2 aliphatic rings. The second-order valence-corrected chi connectivity index (χ2v) is 7.85. The van der Waals surface area contributed by atoms with Crippen molar-refractivity contribution in [2.24, 2.45) is 0 Å². The van der Waals surface area contributed by atoms with Crippen molar-refractivity contribution in [1.29, 1.82) is 0 Å². The Morgan fingerprint density at radius 3 is 2.63 bits per heavy atom. The van der Waals surface area contributed by atoms with E-state index >= 15 is 0 Å². The zero-order chi connectivity index (χ0) is 19.1. The maximum absolute atomic E-state index is 12.6. The first-order valence-electron chi connectivity index (χ1n) is 10.3. The number of benzene rings is 1. The van der Waals surface area contributed by atoms with Gasteiger partial charge in [0.05, 0.1) is 6.04 Å². The van der Waals surface area contributed by atoms with Gasteiger partial charge in [-0.25, -0.2) is 0 Å². The molecule has 0 unspecified atom stereocenters. The third-order valence-corrected chi connectivity index (χ3v) is 5.70. The maximum atomic E-state index is 12.6. The molecule has 0 bridgehead atoms. The second kappa shape index (κ2) is 10.0. The topological polar surface area (TPSA) is 47.6 Å². The SMILES string of the molecule is CCNC(=O)[C@@H]1C[C@H](NC2CCN(C)CC2)CN1CC=Cc1ccccc1. The summed E-state index contributed by atoms with van der Waals surface area (Å²) in [6.45, 7) is 6.74. The Morgan fingerprint density at radius 2 is 1.93 bits per heavy atom. The molecule has 0 aromatic heterocycles. The molecule has 3 rings (SSSR count). The van der Waals surface area contributed by atoms with Crippen LogP contribution in [-0.2, 0) is 4.79 Å². The number of likely N-dealkylation sites (tertiary alicyclic amines) is 2. The van der Waals surface area contributed by atoms with Gasteiger partial charge < -0.3 is 15.5 Å². The van der Waals surface area contributed by atoms with E-state index in [1.807, 2.05) is 13.0 Å². The van der Waals surface area contributed by atoms with E-state index in [0.29, 0.717) is 18.6 Å². The summed E-state index contributed by atoms with van der Waals surface area (Å²) in [5.41, 5.74) is 1.20. The lowest BCUT2D eigenvalue weighted by molar-refractivity contribution is -0.125. The summed E-state index contributed by atoms with van der Waals surface area (Å²) in [6, 6.07) is 11.3. The van der Waals surface area contributed by atoms with E-state index in [9.17, 15) is 4.79 Å². The van der Waals surface area contributed by atoms with Crippen LogP contribution in [0.1, 0.15) is 31.7 Å². The normalized spacial score (nSPS) is 25.3. The highest BCUT2D eigenvalue weighted by atomic mass is 16.2. The molecule has 5 heteroatoms. The average molecular weight is 371 g/mol. The van der Waals surface area contributed by atoms with Crippen LogP contribution in [0.3, 0.4) is 0 Å². The molecule has 2 heterocycles. The van der Waals surface area contributed by atoms with Crippen LogP contribution in [-0.4, -0.2) is 73.6 Å². The van der Waals surface area contributed by atoms with Gasteiger partial charge in [-0.05, 0) is 51.9 Å². The number of hydrogen-bond acceptors (Lipinski definition) is 4. The van der Waals surface area contributed by atoms with Gasteiger partial charge in [-0.2, -0.15) is 0 Å². The van der Waals surface area contributed by atoms with Gasteiger partial charge in [0, 0.05) is 31.7 Å². The lowest BCUT2D eigenvalue weighted by atomic mass is 10.0. The zero-order valence-corrected chi connectivity index (χ0v) is 16.7. The predicted octanol–water partition coefficient (Wildman–Crippen LogP) is 1.96. The lowest BCUT2D eigenvalue weighted by Gasteiger charge is -2.31. The van der Waals surface area contributed by atoms with Crippen molar-refractivity contribution in [1.82, 2.24) is 20.4 Å². The maximum Gasteiger partial charge on any atom is 0.237 e. The number of rotatable bonds is 7. The van der Waals surface area contributed by atoms with Crippen LogP contribution in [0.15, 0.2) is 36.4 Å². The first-order chi connectivity index (χ1) is 13.2. The van der Waals surface area contributed by atoms with Gasteiger partial charge in [-0.15, -0.1) is 0 Å². The van der Waals surface area contributed by atoms with E-state index in [0.717, 1.165) is 32.6 Å². The Labute approximate surface area is 163 Å². The highest BCUT2D eigenvalue weighted by Gasteiger charge is 2.36. The number of nitrogens with zero attached hydrogens (tertiary/aromatic N) is 2. The molecule has 0 radical (unpaired) electrons. The van der Waals surface area contributed by atoms with Crippen molar-refractivity contribution in [2.75, 3.05) is 39.8 Å². The van der Waals surface area contributed by atoms with Crippen molar-refractivity contribution in [3.05, 3.63) is 42.0 Å². The van der Waals surface area contributed by atoms with Gasteiger partial charge in [-0.1, -0.05) is 42.5 Å². The molecule has 0 spiro atoms. The highest BCUT2D eigenvalue weighted by Crippen LogP contribution is 2.20. The fraction of sp³-hybridized carbons (Fsp3) is 0.591. The summed E-state index contributed by atoms with van der Waals surface area (Å²) in [7, 11) is 2.19. The van der Waals surface area contributed by atoms with Crippen molar-refractivity contribution >= 4 is 12.0 Å². The van der Waals surface area contributed by atoms with Gasteiger partial charge >= 0.3 is 0 Å². The van der Waals surface area contributed by atoms with Crippen LogP contribution in [0.25, 0.3) is 6.08 Å². The minimum atomic E-state index is -0.0332. The Hall–Kier alpha value is -1.69. The number of piperidine rings is 1. The Morgan fingerprint density at radius 1 is 1.19 bits per heavy atom. The average Bonchev–Trinajstić information content (AvgIpc) is 3.07. The number of carbonyl (C=O) groups is 1. The molecular formula is C22H34N4O. The standard InChI is InChI=1S/C22H34N4O/c1-3-23-22(27)21-16-20(24-19-11-14-25(2)15-12-19)17-26(21)13-7-10-18-8-5-4-6-9-18/h4-10,19-21,24H,3,11-17H2,1-2H3,(H,23,27)/t20-,21-/m0/s1. The molecular weight excluding hydrogens is 336 g/mol. The summed E-state index contributed by atoms with van der Waals surface area (Å²) in [5.74, 6) is 0.165. The summed E-state index contributed by atoms with van der Waals surface area (Å²) < 4.78 is 0. The van der Waals surface area contributed by atoms with E-state index in [1.165, 1.54) is 18.4 Å². The van der Waals surface area contributed by atoms with E-state index < -0.39 is 0 Å². The van der Waals surface area contributed by atoms with E-state index in [4.69, 9.17) is 0 Å². The summed E-state index contributed by atoms with van der Waals surface area (Å²) >= 11 is 0. The van der Waals surface area contributed by atoms with E-state index in [1.54, 1.807) is 0 Å². The molecule has 2 aliphatic heterocycles. The van der Waals surface area contributed by atoms with Crippen molar-refractivity contribution in [3.63, 3.8) is 0 Å². The molecule has 1 aromatic carbocycles. The molecule has 148 valence electrons. The first-order valence-corrected chi connectivity index (χ1v) is 10.3. The van der Waals surface area contributed by atoms with Crippen LogP contribution in [0.2, 0.25) is 0 Å². The van der Waals surface area contributed by atoms with E-state index in [-0.39, 0.29) is 11.9 Å². The molecule has 1 aromatic rings. The smallest absolute Gasteiger partial charge is 0.237 e. The minimum Gasteiger partial charge on any atom is -0.355 e. The fourth-order valence-corrected chi connectivity index (χ4v) is 4.19. The molecule has 2 saturated heterocycles. The number of nitrogens with one attached hydrogen (secondary N) is 2. The monoisotopic (exact) mass is 370 g/mol. The first kappa shape index (κ1) is 20.1. The van der Waals surface area contributed by atoms with Gasteiger partial charge in [-0.3, -0.25) is 9.69 Å². The molecule has 0 saturated carbocycles. The predicted molar refractivity (Wildman–Crippen MR) is 112 cm³/mol. The quantitative estimate of drug-likeness (QED) is 0.770. The third-order valence-electron chi connectivity index (χ3n) is 5.70. The lowest BCUT2D eigenvalue weighted by Crippen LogP contribution is -2.46. The summed E-state index contributed by atoms with van der Waals surface area (Å²) in [6.07, 6.45) is 7.63. The fourth-order valence-electron chi connectivity index (χ4n) is 4.19. The Bertz CT molecular complexity index is 610. The number of likely N-dealkylation sites (N-methyl/N-ethyl adjacent to an activating group) is 1. The van der Waals surface area contributed by atoms with Gasteiger partial charge in [0.2, 0.25) is 5.91 Å². The Balaban J connectivity index is 1.57. The minimum absolute atomic E-state index is 0.0332. The molecule has 27 heavy (non-hydrogen) atoms. The van der Waals surface area contributed by atoms with Gasteiger partial charge in [0.1, 0.15) is 0 Å². The summed E-state index contributed by atoms with van der Waals surface area (Å²) in [5, 5.41) is 6.85. The molecule has 2 N–H and O–H groups in total. The number of carbonyl (C=O) groups excluding carboxylic acids is 1.